The second-order valence-electron chi connectivity index (χ2n) is 5.69. The molecule has 3 rings (SSSR count). The third kappa shape index (κ3) is 2.11. The lowest BCUT2D eigenvalue weighted by Crippen LogP contribution is -2.47. The van der Waals surface area contributed by atoms with E-state index in [1.54, 1.807) is 0 Å². The van der Waals surface area contributed by atoms with Crippen molar-refractivity contribution < 1.29 is 4.57 Å². The second kappa shape index (κ2) is 4.95. The molecule has 3 heterocycles. The van der Waals surface area contributed by atoms with Gasteiger partial charge in [-0.3, -0.25) is 4.98 Å². The number of anilines is 2. The summed E-state index contributed by atoms with van der Waals surface area (Å²) in [6.45, 7) is 4.36. The minimum atomic E-state index is 0.294. The van der Waals surface area contributed by atoms with Crippen molar-refractivity contribution in [3.63, 3.8) is 0 Å². The van der Waals surface area contributed by atoms with Crippen molar-refractivity contribution in [2.75, 3.05) is 23.9 Å². The number of hydrogen-bond donors (Lipinski definition) is 0. The van der Waals surface area contributed by atoms with Crippen molar-refractivity contribution in [3.05, 3.63) is 37.2 Å². The van der Waals surface area contributed by atoms with Crippen LogP contribution in [0.5, 0.6) is 0 Å². The first-order valence-corrected chi connectivity index (χ1v) is 7.22. The van der Waals surface area contributed by atoms with Gasteiger partial charge in [0.1, 0.15) is 24.7 Å². The molecular formula is C15H23N6+. The number of hydrogen-bond acceptors (Lipinski definition) is 5. The normalized spacial score (nSPS) is 24.6. The monoisotopic (exact) mass is 287 g/mol. The molecule has 1 aromatic heterocycles. The third-order valence-corrected chi connectivity index (χ3v) is 4.51. The van der Waals surface area contributed by atoms with Crippen molar-refractivity contribution in [1.29, 1.82) is 0 Å². The summed E-state index contributed by atoms with van der Waals surface area (Å²) in [7, 11) is 6.25. The van der Waals surface area contributed by atoms with Gasteiger partial charge in [0.2, 0.25) is 11.6 Å². The molecule has 0 fully saturated rings. The Bertz CT molecular complexity index is 548. The van der Waals surface area contributed by atoms with E-state index in [1.165, 1.54) is 0 Å². The maximum Gasteiger partial charge on any atom is 0.248 e. The molecule has 6 nitrogen and oxygen atoms in total. The molecule has 0 saturated heterocycles. The topological polar surface area (TPSA) is 29.7 Å². The average Bonchev–Trinajstić information content (AvgIpc) is 2.96. The predicted molar refractivity (Wildman–Crippen MR) is 83.1 cm³/mol. The van der Waals surface area contributed by atoms with Crippen molar-refractivity contribution in [3.8, 4) is 0 Å². The molecule has 2 aliphatic heterocycles. The summed E-state index contributed by atoms with van der Waals surface area (Å²) >= 11 is 0. The van der Waals surface area contributed by atoms with Crippen LogP contribution in [0, 0.1) is 0 Å². The van der Waals surface area contributed by atoms with Crippen molar-refractivity contribution in [2.24, 2.45) is 7.05 Å². The fourth-order valence-electron chi connectivity index (χ4n) is 2.72. The maximum atomic E-state index is 4.44. The van der Waals surface area contributed by atoms with E-state index in [2.05, 4.69) is 88.9 Å². The van der Waals surface area contributed by atoms with Gasteiger partial charge in [-0.1, -0.05) is 0 Å². The molecule has 21 heavy (non-hydrogen) atoms. The summed E-state index contributed by atoms with van der Waals surface area (Å²) in [6.07, 6.45) is 12.8. The molecule has 2 aliphatic rings. The standard InChI is InChI=1S/C15H23N6/c1-12-17(3)6-8-20(12)14-10-16-11-15(19(14)5)21-9-7-18(4)13(21)2/h6-13H,1-5H3/q+1/t12-,13+. The van der Waals surface area contributed by atoms with Gasteiger partial charge in [0.25, 0.3) is 0 Å². The van der Waals surface area contributed by atoms with E-state index in [9.17, 15) is 0 Å². The van der Waals surface area contributed by atoms with E-state index >= 15 is 0 Å². The van der Waals surface area contributed by atoms with E-state index < -0.39 is 0 Å². The molecule has 0 aromatic carbocycles. The highest BCUT2D eigenvalue weighted by atomic mass is 15.4. The molecule has 0 spiro atoms. The molecule has 0 saturated carbocycles. The van der Waals surface area contributed by atoms with Crippen LogP contribution in [0.1, 0.15) is 13.8 Å². The molecule has 112 valence electrons. The van der Waals surface area contributed by atoms with Crippen molar-refractivity contribution in [2.45, 2.75) is 26.2 Å². The van der Waals surface area contributed by atoms with Crippen molar-refractivity contribution >= 4 is 11.6 Å². The summed E-state index contributed by atoms with van der Waals surface area (Å²) in [4.78, 5) is 13.3. The zero-order chi connectivity index (χ0) is 15.1. The lowest BCUT2D eigenvalue weighted by molar-refractivity contribution is -0.646. The second-order valence-corrected chi connectivity index (χ2v) is 5.69. The minimum absolute atomic E-state index is 0.294. The third-order valence-electron chi connectivity index (χ3n) is 4.51. The molecule has 0 N–H and O–H groups in total. The molecule has 0 unspecified atom stereocenters. The Morgan fingerprint density at radius 3 is 1.62 bits per heavy atom. The fourth-order valence-corrected chi connectivity index (χ4v) is 2.72. The lowest BCUT2D eigenvalue weighted by atomic mass is 10.4. The van der Waals surface area contributed by atoms with Gasteiger partial charge in [-0.2, -0.15) is 0 Å². The first-order valence-electron chi connectivity index (χ1n) is 7.22. The van der Waals surface area contributed by atoms with Crippen LogP contribution >= 0.6 is 0 Å². The average molecular weight is 287 g/mol. The lowest BCUT2D eigenvalue weighted by Gasteiger charge is -2.26. The van der Waals surface area contributed by atoms with Gasteiger partial charge in [0, 0.05) is 26.5 Å². The van der Waals surface area contributed by atoms with Crippen LogP contribution in [0.3, 0.4) is 0 Å². The zero-order valence-electron chi connectivity index (χ0n) is 13.3. The fraction of sp³-hybridized carbons (Fsp3) is 0.467. The summed E-state index contributed by atoms with van der Waals surface area (Å²) in [5.41, 5.74) is 0. The van der Waals surface area contributed by atoms with Crippen LogP contribution < -0.4 is 14.4 Å². The smallest absolute Gasteiger partial charge is 0.248 e. The quantitative estimate of drug-likeness (QED) is 0.759. The van der Waals surface area contributed by atoms with Crippen LogP contribution in [0.2, 0.25) is 0 Å². The molecule has 0 bridgehead atoms. The van der Waals surface area contributed by atoms with Gasteiger partial charge in [-0.15, -0.1) is 0 Å². The van der Waals surface area contributed by atoms with Gasteiger partial charge in [0.05, 0.1) is 19.4 Å². The molecule has 6 heteroatoms. The SMILES string of the molecule is C[C@@H]1N(C)C=CN1c1cncc(N2C=CN(C)[C@@H]2C)[n+]1C. The first kappa shape index (κ1) is 13.7. The highest BCUT2D eigenvalue weighted by Crippen LogP contribution is 2.24. The number of rotatable bonds is 2. The molecule has 1 aromatic rings. The summed E-state index contributed by atoms with van der Waals surface area (Å²) < 4.78 is 2.19. The van der Waals surface area contributed by atoms with Crippen molar-refractivity contribution in [1.82, 2.24) is 14.8 Å². The van der Waals surface area contributed by atoms with Gasteiger partial charge >= 0.3 is 0 Å². The van der Waals surface area contributed by atoms with Crippen LogP contribution in [0.15, 0.2) is 37.2 Å². The summed E-state index contributed by atoms with van der Waals surface area (Å²) in [6, 6.07) is 0. The Balaban J connectivity index is 1.97. The first-order chi connectivity index (χ1) is 10.0. The largest absolute Gasteiger partial charge is 0.346 e. The maximum absolute atomic E-state index is 4.44. The summed E-state index contributed by atoms with van der Waals surface area (Å²) in [5.74, 6) is 2.16. The zero-order valence-corrected chi connectivity index (χ0v) is 13.3. The predicted octanol–water partition coefficient (Wildman–Crippen LogP) is 1.04. The van der Waals surface area contributed by atoms with Crippen LogP contribution in [-0.4, -0.2) is 41.2 Å². The van der Waals surface area contributed by atoms with Gasteiger partial charge in [-0.05, 0) is 13.8 Å². The highest BCUT2D eigenvalue weighted by Gasteiger charge is 2.32. The Labute approximate surface area is 126 Å². The Kier molecular flexibility index (Phi) is 3.23. The van der Waals surface area contributed by atoms with Gasteiger partial charge in [0.15, 0.2) is 0 Å². The molecular weight excluding hydrogens is 264 g/mol. The molecule has 0 aliphatic carbocycles. The van der Waals surface area contributed by atoms with E-state index in [1.807, 2.05) is 12.4 Å². The van der Waals surface area contributed by atoms with Crippen LogP contribution in [-0.2, 0) is 7.05 Å². The van der Waals surface area contributed by atoms with Gasteiger partial charge in [-0.25, -0.2) is 14.4 Å². The molecule has 0 amide bonds. The van der Waals surface area contributed by atoms with Crippen LogP contribution in [0.4, 0.5) is 11.6 Å². The van der Waals surface area contributed by atoms with E-state index in [4.69, 9.17) is 0 Å². The van der Waals surface area contributed by atoms with Gasteiger partial charge < -0.3 is 9.80 Å². The number of aromatic nitrogens is 2. The number of nitrogens with zero attached hydrogens (tertiary/aromatic N) is 6. The minimum Gasteiger partial charge on any atom is -0.346 e. The highest BCUT2D eigenvalue weighted by molar-refractivity contribution is 5.45. The molecule has 2 atom stereocenters. The van der Waals surface area contributed by atoms with E-state index in [0.29, 0.717) is 12.3 Å². The van der Waals surface area contributed by atoms with E-state index in [0.717, 1.165) is 11.6 Å². The van der Waals surface area contributed by atoms with E-state index in [-0.39, 0.29) is 0 Å². The Morgan fingerprint density at radius 1 is 0.857 bits per heavy atom. The summed E-state index contributed by atoms with van der Waals surface area (Å²) in [5, 5.41) is 0. The van der Waals surface area contributed by atoms with Crippen LogP contribution in [0.25, 0.3) is 0 Å². The Morgan fingerprint density at radius 2 is 1.29 bits per heavy atom. The molecule has 0 radical (unpaired) electrons. The Hall–Kier alpha value is -2.24.